The highest BCUT2D eigenvalue weighted by atomic mass is 32.2. The molecule has 0 saturated heterocycles. The van der Waals surface area contributed by atoms with E-state index < -0.39 is 15.9 Å². The van der Waals surface area contributed by atoms with Gasteiger partial charge in [-0.15, -0.1) is 0 Å². The molecule has 0 radical (unpaired) electrons. The third-order valence-electron chi connectivity index (χ3n) is 8.98. The number of amides is 2. The maximum absolute atomic E-state index is 13.1. The Morgan fingerprint density at radius 2 is 1.45 bits per heavy atom. The maximum Gasteiger partial charge on any atom is 0.255 e. The molecule has 2 aromatic carbocycles. The Morgan fingerprint density at radius 1 is 0.895 bits per heavy atom. The first-order chi connectivity index (χ1) is 18.1. The first-order valence-corrected chi connectivity index (χ1v) is 15.7. The van der Waals surface area contributed by atoms with Crippen molar-refractivity contribution in [3.63, 3.8) is 0 Å². The molecule has 204 valence electrons. The van der Waals surface area contributed by atoms with Crippen LogP contribution in [0, 0.1) is 17.8 Å². The molecule has 4 aliphatic carbocycles. The van der Waals surface area contributed by atoms with Crippen LogP contribution in [0.2, 0.25) is 0 Å². The number of hydrogen-bond acceptors (Lipinski definition) is 4. The quantitative estimate of drug-likeness (QED) is 0.486. The highest BCUT2D eigenvalue weighted by Crippen LogP contribution is 2.60. The van der Waals surface area contributed by atoms with E-state index in [9.17, 15) is 18.0 Å². The zero-order valence-electron chi connectivity index (χ0n) is 22.7. The summed E-state index contributed by atoms with van der Waals surface area (Å²) in [6.45, 7) is 4.54. The monoisotopic (exact) mass is 537 g/mol. The highest BCUT2D eigenvalue weighted by Gasteiger charge is 2.51. The fourth-order valence-electron chi connectivity index (χ4n) is 7.63. The number of nitrogens with one attached hydrogen (secondary N) is 1. The van der Waals surface area contributed by atoms with Crippen LogP contribution in [0.15, 0.2) is 48.5 Å². The molecule has 7 nitrogen and oxygen atoms in total. The first-order valence-electron chi connectivity index (χ1n) is 13.9. The molecule has 0 aromatic heterocycles. The van der Waals surface area contributed by atoms with Crippen LogP contribution in [0.5, 0.6) is 0 Å². The van der Waals surface area contributed by atoms with Gasteiger partial charge in [0.05, 0.1) is 23.2 Å². The van der Waals surface area contributed by atoms with E-state index in [0.29, 0.717) is 30.0 Å². The van der Waals surface area contributed by atoms with E-state index in [4.69, 9.17) is 0 Å². The van der Waals surface area contributed by atoms with Crippen molar-refractivity contribution >= 4 is 33.2 Å². The van der Waals surface area contributed by atoms with Gasteiger partial charge in [0.15, 0.2) is 0 Å². The van der Waals surface area contributed by atoms with Gasteiger partial charge in [-0.1, -0.05) is 24.3 Å². The van der Waals surface area contributed by atoms with E-state index in [1.165, 1.54) is 44.1 Å². The first kappa shape index (κ1) is 26.7. The average molecular weight is 538 g/mol. The smallest absolute Gasteiger partial charge is 0.255 e. The summed E-state index contributed by atoms with van der Waals surface area (Å²) in [7, 11) is -3.71. The topological polar surface area (TPSA) is 86.8 Å². The van der Waals surface area contributed by atoms with Gasteiger partial charge in [-0.3, -0.25) is 13.9 Å². The molecule has 0 unspecified atom stereocenters. The van der Waals surface area contributed by atoms with Crippen molar-refractivity contribution in [1.29, 1.82) is 0 Å². The Bertz CT molecular complexity index is 1270. The number of para-hydroxylation sites is 1. The largest absolute Gasteiger partial charge is 0.339 e. The SMILES string of the molecule is CCN(CC)C(=O)c1ccccc1NC(=O)CN(c1ccc(C23CC4CC(CC(C4)C2)C3)cc1)S(C)(=O)=O. The van der Waals surface area contributed by atoms with E-state index in [-0.39, 0.29) is 17.9 Å². The van der Waals surface area contributed by atoms with Crippen LogP contribution in [-0.2, 0) is 20.2 Å². The summed E-state index contributed by atoms with van der Waals surface area (Å²) >= 11 is 0. The van der Waals surface area contributed by atoms with Crippen molar-refractivity contribution in [1.82, 2.24) is 4.90 Å². The Morgan fingerprint density at radius 3 is 1.97 bits per heavy atom. The van der Waals surface area contributed by atoms with Crippen LogP contribution in [-0.4, -0.2) is 51.0 Å². The third kappa shape index (κ3) is 5.20. The maximum atomic E-state index is 13.1. The predicted octanol–water partition coefficient (Wildman–Crippen LogP) is 5.04. The number of rotatable bonds is 9. The summed E-state index contributed by atoms with van der Waals surface area (Å²) in [6, 6.07) is 14.7. The van der Waals surface area contributed by atoms with Crippen molar-refractivity contribution in [2.24, 2.45) is 17.8 Å². The van der Waals surface area contributed by atoms with Gasteiger partial charge < -0.3 is 10.2 Å². The normalized spacial score (nSPS) is 25.7. The summed E-state index contributed by atoms with van der Waals surface area (Å²) in [5, 5.41) is 2.77. The lowest BCUT2D eigenvalue weighted by Crippen LogP contribution is -2.48. The van der Waals surface area contributed by atoms with Gasteiger partial charge in [-0.25, -0.2) is 8.42 Å². The lowest BCUT2D eigenvalue weighted by atomic mass is 9.48. The molecule has 38 heavy (non-hydrogen) atoms. The Hall–Kier alpha value is -2.87. The molecule has 1 N–H and O–H groups in total. The van der Waals surface area contributed by atoms with Gasteiger partial charge in [-0.2, -0.15) is 0 Å². The van der Waals surface area contributed by atoms with Crippen LogP contribution in [0.3, 0.4) is 0 Å². The van der Waals surface area contributed by atoms with Crippen molar-refractivity contribution in [2.75, 3.05) is 35.5 Å². The summed E-state index contributed by atoms with van der Waals surface area (Å²) in [5.41, 5.74) is 2.77. The molecule has 8 heteroatoms. The number of nitrogens with zero attached hydrogens (tertiary/aromatic N) is 2. The minimum absolute atomic E-state index is 0.175. The van der Waals surface area contributed by atoms with Gasteiger partial charge in [0.2, 0.25) is 15.9 Å². The fraction of sp³-hybridized carbons (Fsp3) is 0.533. The molecule has 0 atom stereocenters. The Balaban J connectivity index is 1.33. The van der Waals surface area contributed by atoms with E-state index in [1.807, 2.05) is 26.0 Å². The van der Waals surface area contributed by atoms with Gasteiger partial charge in [0.25, 0.3) is 5.91 Å². The van der Waals surface area contributed by atoms with E-state index in [0.717, 1.165) is 28.3 Å². The van der Waals surface area contributed by atoms with Crippen molar-refractivity contribution in [3.05, 3.63) is 59.7 Å². The minimum Gasteiger partial charge on any atom is -0.339 e. The second-order valence-corrected chi connectivity index (χ2v) is 13.5. The van der Waals surface area contributed by atoms with Crippen molar-refractivity contribution < 1.29 is 18.0 Å². The molecule has 4 saturated carbocycles. The molecule has 2 aromatic rings. The molecule has 4 aliphatic rings. The number of hydrogen-bond donors (Lipinski definition) is 1. The zero-order valence-corrected chi connectivity index (χ0v) is 23.5. The van der Waals surface area contributed by atoms with Gasteiger partial charge in [0, 0.05) is 13.1 Å². The summed E-state index contributed by atoms with van der Waals surface area (Å²) in [6.07, 6.45) is 8.95. The number of anilines is 2. The van der Waals surface area contributed by atoms with Crippen LogP contribution >= 0.6 is 0 Å². The summed E-state index contributed by atoms with van der Waals surface area (Å²) in [5.74, 6) is 1.81. The highest BCUT2D eigenvalue weighted by molar-refractivity contribution is 7.92. The fourth-order valence-corrected chi connectivity index (χ4v) is 8.48. The zero-order chi connectivity index (χ0) is 27.1. The molecular weight excluding hydrogens is 498 g/mol. The number of carbonyl (C=O) groups is 2. The van der Waals surface area contributed by atoms with Crippen molar-refractivity contribution in [3.8, 4) is 0 Å². The summed E-state index contributed by atoms with van der Waals surface area (Å²) < 4.78 is 26.6. The average Bonchev–Trinajstić information content (AvgIpc) is 2.87. The molecule has 4 bridgehead atoms. The molecule has 0 heterocycles. The third-order valence-corrected chi connectivity index (χ3v) is 10.1. The van der Waals surface area contributed by atoms with Gasteiger partial charge in [-0.05, 0) is 105 Å². The van der Waals surface area contributed by atoms with E-state index in [1.54, 1.807) is 29.2 Å². The van der Waals surface area contributed by atoms with Crippen LogP contribution in [0.4, 0.5) is 11.4 Å². The molecule has 4 fully saturated rings. The van der Waals surface area contributed by atoms with Gasteiger partial charge >= 0.3 is 0 Å². The molecule has 2 amide bonds. The number of sulfonamides is 1. The van der Waals surface area contributed by atoms with E-state index in [2.05, 4.69) is 17.4 Å². The lowest BCUT2D eigenvalue weighted by molar-refractivity contribution is -0.114. The summed E-state index contributed by atoms with van der Waals surface area (Å²) in [4.78, 5) is 27.7. The molecule has 6 rings (SSSR count). The standard InChI is InChI=1S/C30H39N3O4S/c1-4-32(5-2)29(35)26-8-6-7-9-27(26)31-28(34)20-33(38(3,36)37)25-12-10-24(11-13-25)30-17-21-14-22(18-30)16-23(15-21)19-30/h6-13,21-23H,4-5,14-20H2,1-3H3,(H,31,34). The van der Waals surface area contributed by atoms with Gasteiger partial charge in [0.1, 0.15) is 6.54 Å². The van der Waals surface area contributed by atoms with E-state index >= 15 is 0 Å². The molecular formula is C30H39N3O4S. The number of carbonyl (C=O) groups excluding carboxylic acids is 2. The van der Waals surface area contributed by atoms with Crippen molar-refractivity contribution in [2.45, 2.75) is 57.8 Å². The predicted molar refractivity (Wildman–Crippen MR) is 151 cm³/mol. The minimum atomic E-state index is -3.71. The molecule has 0 spiro atoms. The lowest BCUT2D eigenvalue weighted by Gasteiger charge is -2.57. The second kappa shape index (κ2) is 10.4. The molecule has 0 aliphatic heterocycles. The van der Waals surface area contributed by atoms with Crippen LogP contribution in [0.25, 0.3) is 0 Å². The Kier molecular flexibility index (Phi) is 7.29. The van der Waals surface area contributed by atoms with Crippen LogP contribution in [0.1, 0.15) is 68.3 Å². The van der Waals surface area contributed by atoms with Crippen LogP contribution < -0.4 is 9.62 Å². The second-order valence-electron chi connectivity index (χ2n) is 11.6. The number of benzene rings is 2. The Labute approximate surface area is 226 Å².